The first-order chi connectivity index (χ1) is 25.7. The molecule has 4 rings (SSSR count). The van der Waals surface area contributed by atoms with Gasteiger partial charge in [-0.05, 0) is 117 Å². The lowest BCUT2D eigenvalue weighted by Gasteiger charge is -2.54. The van der Waals surface area contributed by atoms with Crippen molar-refractivity contribution in [1.29, 1.82) is 0 Å². The monoisotopic (exact) mass is 897 g/mol. The second kappa shape index (κ2) is 15.2. The number of aryl methyl sites for hydroxylation is 3. The molecule has 0 aromatic heterocycles. The number of hydrogen-bond donors (Lipinski definition) is 0. The molecule has 0 saturated heterocycles. The van der Waals surface area contributed by atoms with Gasteiger partial charge in [-0.15, -0.1) is 0 Å². The highest BCUT2D eigenvalue weighted by Crippen LogP contribution is 2.53. The maximum absolute atomic E-state index is 3.18. The van der Waals surface area contributed by atoms with Gasteiger partial charge in [0.25, 0.3) is 0 Å². The SMILES string of the molecule is CC1=CC(C)([Si](c2cc(C)c(C)c([Si](C)(C)C)c2[Si](C)(C)C)(c2cc(C)c(C)c([Si](C)(C)C)c2[Si](C)(C)C)c2cc(C)c(C)c([Si](C)(C)C)c2[Si](C)(C)C)C(C)=C1C. The van der Waals surface area contributed by atoms with E-state index in [4.69, 9.17) is 0 Å². The normalized spacial score (nSPS) is 17.8. The number of hydrogen-bond acceptors (Lipinski definition) is 0. The Balaban J connectivity index is 2.86. The van der Waals surface area contributed by atoms with Gasteiger partial charge in [0.15, 0.2) is 8.07 Å². The van der Waals surface area contributed by atoms with Crippen LogP contribution in [0.25, 0.3) is 0 Å². The Morgan fingerprint density at radius 1 is 0.345 bits per heavy atom. The predicted octanol–water partition coefficient (Wildman–Crippen LogP) is 10.3. The van der Waals surface area contributed by atoms with Crippen LogP contribution in [0.4, 0.5) is 0 Å². The molecule has 7 heteroatoms. The van der Waals surface area contributed by atoms with E-state index >= 15 is 0 Å². The molecule has 0 nitrogen and oxygen atoms in total. The molecule has 0 radical (unpaired) electrons. The third-order valence-electron chi connectivity index (χ3n) is 14.5. The summed E-state index contributed by atoms with van der Waals surface area (Å²) in [6.45, 7) is 73.4. The van der Waals surface area contributed by atoms with Crippen molar-refractivity contribution in [3.8, 4) is 0 Å². The maximum atomic E-state index is 2.86. The van der Waals surface area contributed by atoms with Crippen LogP contribution in [0, 0.1) is 41.5 Å². The minimum absolute atomic E-state index is 0.173. The first-order valence-electron chi connectivity index (χ1n) is 22.6. The molecule has 0 bridgehead atoms. The predicted molar refractivity (Wildman–Crippen MR) is 291 cm³/mol. The summed E-state index contributed by atoms with van der Waals surface area (Å²) in [4.78, 5) is 0. The Morgan fingerprint density at radius 3 is 0.741 bits per heavy atom. The molecule has 0 amide bonds. The van der Waals surface area contributed by atoms with E-state index in [-0.39, 0.29) is 5.04 Å². The molecule has 3 aromatic rings. The van der Waals surface area contributed by atoms with E-state index in [9.17, 15) is 0 Å². The van der Waals surface area contributed by atoms with E-state index < -0.39 is 56.5 Å². The van der Waals surface area contributed by atoms with Crippen LogP contribution in [-0.2, 0) is 0 Å². The summed E-state index contributed by atoms with van der Waals surface area (Å²) >= 11 is 0. The van der Waals surface area contributed by atoms with Gasteiger partial charge in [0, 0.05) is 5.04 Å². The highest BCUT2D eigenvalue weighted by molar-refractivity contribution is 7.22. The van der Waals surface area contributed by atoms with Crippen LogP contribution >= 0.6 is 0 Å². The zero-order valence-electron chi connectivity index (χ0n) is 43.3. The molecule has 1 aliphatic rings. The molecule has 0 spiro atoms. The van der Waals surface area contributed by atoms with Crippen molar-refractivity contribution in [1.82, 2.24) is 0 Å². The summed E-state index contributed by atoms with van der Waals surface area (Å²) in [5.41, 5.74) is 13.9. The maximum Gasteiger partial charge on any atom is 0.161 e. The number of rotatable bonds is 10. The fraction of sp³-hybridized carbons (Fsp3) is 0.569. The minimum Gasteiger partial charge on any atom is -0.0730 e. The van der Waals surface area contributed by atoms with Gasteiger partial charge >= 0.3 is 0 Å². The number of benzene rings is 3. The minimum atomic E-state index is -3.18. The van der Waals surface area contributed by atoms with Crippen LogP contribution in [0.5, 0.6) is 0 Å². The molecule has 320 valence electrons. The lowest BCUT2D eigenvalue weighted by molar-refractivity contribution is 0.871. The van der Waals surface area contributed by atoms with Crippen LogP contribution in [0.1, 0.15) is 61.1 Å². The molecular weight excluding hydrogens is 809 g/mol. The molecule has 0 fully saturated rings. The van der Waals surface area contributed by atoms with Crippen molar-refractivity contribution in [2.45, 2.75) is 192 Å². The van der Waals surface area contributed by atoms with Gasteiger partial charge < -0.3 is 0 Å². The third-order valence-corrected chi connectivity index (χ3v) is 34.1. The lowest BCUT2D eigenvalue weighted by atomic mass is 10.0. The van der Waals surface area contributed by atoms with Gasteiger partial charge in [-0.25, -0.2) is 0 Å². The lowest BCUT2D eigenvalue weighted by Crippen LogP contribution is -2.87. The Labute approximate surface area is 367 Å². The molecule has 0 aliphatic heterocycles. The second-order valence-corrected chi connectivity index (χ2v) is 59.5. The summed E-state index contributed by atoms with van der Waals surface area (Å²) in [5.74, 6) is 0. The number of allylic oxidation sites excluding steroid dienone is 4. The smallest absolute Gasteiger partial charge is 0.0730 e. The fourth-order valence-corrected chi connectivity index (χ4v) is 42.6. The van der Waals surface area contributed by atoms with Gasteiger partial charge in [0.2, 0.25) is 0 Å². The summed E-state index contributed by atoms with van der Waals surface area (Å²) in [5, 5.41) is 16.0. The highest BCUT2D eigenvalue weighted by Gasteiger charge is 2.61. The van der Waals surface area contributed by atoms with Crippen LogP contribution in [0.2, 0.25) is 123 Å². The molecule has 0 heterocycles. The van der Waals surface area contributed by atoms with Gasteiger partial charge in [-0.2, -0.15) is 0 Å². The first-order valence-corrected chi connectivity index (χ1v) is 45.6. The molecule has 0 saturated carbocycles. The van der Waals surface area contributed by atoms with E-state index in [0.717, 1.165) is 0 Å². The summed E-state index contributed by atoms with van der Waals surface area (Å²) in [6, 6.07) is 8.59. The average Bonchev–Trinajstić information content (AvgIpc) is 3.20. The van der Waals surface area contributed by atoms with Crippen molar-refractivity contribution >= 4 is 103 Å². The second-order valence-electron chi connectivity index (χ2n) is 25.4. The van der Waals surface area contributed by atoms with E-state index in [2.05, 4.69) is 211 Å². The van der Waals surface area contributed by atoms with Gasteiger partial charge in [0.1, 0.15) is 0 Å². The Hall–Kier alpha value is -1.34. The van der Waals surface area contributed by atoms with E-state index in [1.165, 1.54) is 27.8 Å². The summed E-state index contributed by atoms with van der Waals surface area (Å²) < 4.78 is 0. The summed E-state index contributed by atoms with van der Waals surface area (Å²) in [6.07, 6.45) is 2.86. The topological polar surface area (TPSA) is 0 Å². The van der Waals surface area contributed by atoms with Crippen molar-refractivity contribution in [2.75, 3.05) is 0 Å². The molecule has 1 atom stereocenters. The quantitative estimate of drug-likeness (QED) is 0.141. The Morgan fingerprint density at radius 2 is 0.569 bits per heavy atom. The van der Waals surface area contributed by atoms with Crippen molar-refractivity contribution in [3.63, 3.8) is 0 Å². The molecule has 1 aliphatic carbocycles. The Bertz CT molecular complexity index is 2010. The molecular formula is C51H88Si7. The molecule has 1 unspecified atom stereocenters. The van der Waals surface area contributed by atoms with Crippen molar-refractivity contribution in [2.24, 2.45) is 0 Å². The van der Waals surface area contributed by atoms with Gasteiger partial charge in [-0.1, -0.05) is 191 Å². The van der Waals surface area contributed by atoms with Crippen LogP contribution in [-0.4, -0.2) is 56.5 Å². The van der Waals surface area contributed by atoms with Crippen LogP contribution < -0.4 is 46.7 Å². The molecule has 0 N–H and O–H groups in total. The first kappa shape index (κ1) is 49.3. The average molecular weight is 898 g/mol. The van der Waals surface area contributed by atoms with E-state index in [1.807, 2.05) is 15.6 Å². The van der Waals surface area contributed by atoms with E-state index in [1.54, 1.807) is 53.4 Å². The van der Waals surface area contributed by atoms with Crippen LogP contribution in [0.15, 0.2) is 41.0 Å². The fourth-order valence-electron chi connectivity index (χ4n) is 11.8. The highest BCUT2D eigenvalue weighted by atomic mass is 28.3. The largest absolute Gasteiger partial charge is 0.161 e. The van der Waals surface area contributed by atoms with Crippen molar-refractivity contribution in [3.05, 3.63) is 74.4 Å². The Kier molecular flexibility index (Phi) is 12.9. The van der Waals surface area contributed by atoms with Crippen LogP contribution in [0.3, 0.4) is 0 Å². The third kappa shape index (κ3) is 7.95. The standard InChI is InChI=1S/C51H88Si7/c1-33-29-42(48(55(20,21)22)45(38(33)6)52(11,12)13)58(51(10)32-36(4)37(5)41(51)9,43-30-34(2)39(7)46(53(14,15)16)49(43)56(23,24)25)44-31-35(3)40(8)47(54(17,18)19)50(44)57(26,27)28/h29-32H,1-28H3. The zero-order valence-corrected chi connectivity index (χ0v) is 50.3. The van der Waals surface area contributed by atoms with E-state index in [0.29, 0.717) is 0 Å². The van der Waals surface area contributed by atoms with Gasteiger partial charge in [-0.3, -0.25) is 0 Å². The van der Waals surface area contributed by atoms with Crippen molar-refractivity contribution < 1.29 is 0 Å². The molecule has 58 heavy (non-hydrogen) atoms. The van der Waals surface area contributed by atoms with Gasteiger partial charge in [0.05, 0.1) is 48.4 Å². The zero-order chi connectivity index (χ0) is 45.2. The molecule has 3 aromatic carbocycles. The summed E-state index contributed by atoms with van der Waals surface area (Å²) in [7, 11) is -14.7.